The van der Waals surface area contributed by atoms with E-state index in [9.17, 15) is 23.2 Å². The second-order valence-corrected chi connectivity index (χ2v) is 6.95. The van der Waals surface area contributed by atoms with Gasteiger partial charge in [-0.3, -0.25) is 14.4 Å². The molecule has 0 saturated carbocycles. The Morgan fingerprint density at radius 1 is 1.26 bits per heavy atom. The van der Waals surface area contributed by atoms with Crippen LogP contribution in [0.2, 0.25) is 0 Å². The number of nitrogens with zero attached hydrogens (tertiary/aromatic N) is 2. The number of hydrogen-bond donors (Lipinski definition) is 2. The van der Waals surface area contributed by atoms with Crippen LogP contribution in [0.15, 0.2) is 46.4 Å². The zero-order valence-electron chi connectivity index (χ0n) is 16.9. The van der Waals surface area contributed by atoms with Crippen LogP contribution in [0.1, 0.15) is 35.3 Å². The molecule has 8 nitrogen and oxygen atoms in total. The highest BCUT2D eigenvalue weighted by molar-refractivity contribution is 5.94. The Morgan fingerprint density at radius 2 is 2.00 bits per heavy atom. The quantitative estimate of drug-likeness (QED) is 0.590. The van der Waals surface area contributed by atoms with Gasteiger partial charge in [-0.25, -0.2) is 8.78 Å². The minimum Gasteiger partial charge on any atom is -0.491 e. The predicted molar refractivity (Wildman–Crippen MR) is 108 cm³/mol. The van der Waals surface area contributed by atoms with Crippen molar-refractivity contribution >= 4 is 11.4 Å². The van der Waals surface area contributed by atoms with E-state index in [1.807, 2.05) is 0 Å². The normalized spacial score (nSPS) is 12.0. The van der Waals surface area contributed by atoms with Gasteiger partial charge in [0.1, 0.15) is 17.2 Å². The van der Waals surface area contributed by atoms with Crippen molar-refractivity contribution in [2.75, 3.05) is 13.7 Å². The van der Waals surface area contributed by atoms with Crippen LogP contribution < -0.4 is 21.0 Å². The highest BCUT2D eigenvalue weighted by atomic mass is 19.1. The van der Waals surface area contributed by atoms with Gasteiger partial charge in [-0.2, -0.15) is 0 Å². The second kappa shape index (κ2) is 9.09. The maximum absolute atomic E-state index is 13.8. The largest absolute Gasteiger partial charge is 0.491 e. The molecular weight excluding hydrogens is 412 g/mol. The summed E-state index contributed by atoms with van der Waals surface area (Å²) >= 11 is 0. The van der Waals surface area contributed by atoms with Gasteiger partial charge in [-0.05, 0) is 19.4 Å². The molecule has 1 aromatic carbocycles. The molecule has 2 N–H and O–H groups in total. The molecule has 0 aliphatic rings. The first-order valence-electron chi connectivity index (χ1n) is 9.45. The van der Waals surface area contributed by atoms with E-state index in [2.05, 4.69) is 5.32 Å². The summed E-state index contributed by atoms with van der Waals surface area (Å²) in [5.74, 6) is -2.69. The lowest BCUT2D eigenvalue weighted by atomic mass is 10.1. The van der Waals surface area contributed by atoms with Crippen molar-refractivity contribution in [2.45, 2.75) is 25.9 Å². The molecule has 164 valence electrons. The molecule has 1 amide bonds. The summed E-state index contributed by atoms with van der Waals surface area (Å²) in [4.78, 5) is 38.3. The van der Waals surface area contributed by atoms with Gasteiger partial charge in [0.25, 0.3) is 11.5 Å². The van der Waals surface area contributed by atoms with E-state index in [0.29, 0.717) is 12.5 Å². The fraction of sp³-hybridized carbons (Fsp3) is 0.286. The number of carbonyl (C=O) groups excluding carboxylic acids is 1. The third-order valence-electron chi connectivity index (χ3n) is 4.94. The molecule has 0 aliphatic carbocycles. The molecule has 0 radical (unpaired) electrons. The summed E-state index contributed by atoms with van der Waals surface area (Å²) in [5, 5.41) is 11.5. The topological polar surface area (TPSA) is 102 Å². The second-order valence-electron chi connectivity index (χ2n) is 6.95. The molecule has 31 heavy (non-hydrogen) atoms. The molecular formula is C21H21F2N3O5. The number of methoxy groups -OCH3 is 1. The van der Waals surface area contributed by atoms with Gasteiger partial charge >= 0.3 is 0 Å². The first kappa shape index (κ1) is 22.2. The van der Waals surface area contributed by atoms with Crippen molar-refractivity contribution in [3.63, 3.8) is 0 Å². The zero-order chi connectivity index (χ0) is 22.7. The average Bonchev–Trinajstić information content (AvgIpc) is 2.73. The highest BCUT2D eigenvalue weighted by Gasteiger charge is 2.21. The van der Waals surface area contributed by atoms with Gasteiger partial charge in [0.2, 0.25) is 5.43 Å². The lowest BCUT2D eigenvalue weighted by Crippen LogP contribution is -2.32. The van der Waals surface area contributed by atoms with Crippen molar-refractivity contribution in [1.82, 2.24) is 14.3 Å². The van der Waals surface area contributed by atoms with Gasteiger partial charge in [0.15, 0.2) is 11.3 Å². The van der Waals surface area contributed by atoms with Crippen molar-refractivity contribution in [3.8, 4) is 5.75 Å². The third-order valence-corrected chi connectivity index (χ3v) is 4.94. The third kappa shape index (κ3) is 4.33. The maximum Gasteiger partial charge on any atom is 0.279 e. The number of benzene rings is 1. The number of halogens is 2. The van der Waals surface area contributed by atoms with Crippen LogP contribution in [0.25, 0.3) is 5.52 Å². The molecule has 0 spiro atoms. The Hall–Kier alpha value is -3.53. The van der Waals surface area contributed by atoms with Crippen LogP contribution in [0.4, 0.5) is 8.78 Å². The van der Waals surface area contributed by atoms with Crippen LogP contribution >= 0.6 is 0 Å². The van der Waals surface area contributed by atoms with Crippen LogP contribution in [0.5, 0.6) is 5.75 Å². The predicted octanol–water partition coefficient (Wildman–Crippen LogP) is 1.62. The fourth-order valence-corrected chi connectivity index (χ4v) is 3.23. The summed E-state index contributed by atoms with van der Waals surface area (Å²) in [5.41, 5.74) is -1.64. The van der Waals surface area contributed by atoms with E-state index in [0.717, 1.165) is 6.07 Å². The molecule has 0 saturated heterocycles. The van der Waals surface area contributed by atoms with Crippen LogP contribution in [-0.2, 0) is 6.54 Å². The van der Waals surface area contributed by atoms with Crippen molar-refractivity contribution in [3.05, 3.63) is 80.1 Å². The number of hydrogen-bond acceptors (Lipinski definition) is 5. The van der Waals surface area contributed by atoms with Crippen LogP contribution in [0.3, 0.4) is 0 Å². The van der Waals surface area contributed by atoms with Crippen molar-refractivity contribution in [2.24, 2.45) is 0 Å². The number of carbonyl (C=O) groups is 1. The molecule has 10 heteroatoms. The molecule has 3 aromatic rings. The fourth-order valence-electron chi connectivity index (χ4n) is 3.23. The lowest BCUT2D eigenvalue weighted by molar-refractivity contribution is 0.0948. The summed E-state index contributed by atoms with van der Waals surface area (Å²) < 4.78 is 34.6. The number of amides is 1. The van der Waals surface area contributed by atoms with Gasteiger partial charge in [-0.1, -0.05) is 6.07 Å². The Morgan fingerprint density at radius 3 is 2.65 bits per heavy atom. The Kier molecular flexibility index (Phi) is 6.50. The molecule has 0 fully saturated rings. The first-order chi connectivity index (χ1) is 14.8. The van der Waals surface area contributed by atoms with Crippen molar-refractivity contribution in [1.29, 1.82) is 0 Å². The molecule has 0 aliphatic heterocycles. The van der Waals surface area contributed by atoms with Gasteiger partial charge in [-0.15, -0.1) is 0 Å². The Labute approximate surface area is 175 Å². The number of ether oxygens (including phenoxy) is 1. The number of fused-ring (bicyclic) bond motifs is 1. The summed E-state index contributed by atoms with van der Waals surface area (Å²) in [6.45, 7) is 1.36. The monoisotopic (exact) mass is 433 g/mol. The maximum atomic E-state index is 13.8. The Balaban J connectivity index is 2.01. The van der Waals surface area contributed by atoms with E-state index in [1.165, 1.54) is 40.7 Å². The molecule has 2 heterocycles. The minimum absolute atomic E-state index is 0.0448. The SMILES string of the molecule is COc1c(=O)c(C(=O)NCc2ccc(F)cc2F)cn2ccn([C@H](C)CCO)c(=O)c12. The van der Waals surface area contributed by atoms with Crippen LogP contribution in [-0.4, -0.2) is 33.7 Å². The Bertz CT molecular complexity index is 1250. The minimum atomic E-state index is -0.828. The first-order valence-corrected chi connectivity index (χ1v) is 9.45. The van der Waals surface area contributed by atoms with Gasteiger partial charge in [0, 0.05) is 49.4 Å². The number of aliphatic hydroxyl groups is 1. The van der Waals surface area contributed by atoms with E-state index < -0.39 is 28.5 Å². The smallest absolute Gasteiger partial charge is 0.279 e. The lowest BCUT2D eigenvalue weighted by Gasteiger charge is -2.16. The number of aromatic nitrogens is 2. The summed E-state index contributed by atoms with van der Waals surface area (Å²) in [6.07, 6.45) is 4.50. The zero-order valence-corrected chi connectivity index (χ0v) is 16.9. The van der Waals surface area contributed by atoms with E-state index in [4.69, 9.17) is 9.84 Å². The number of rotatable bonds is 7. The molecule has 3 rings (SSSR count). The summed E-state index contributed by atoms with van der Waals surface area (Å²) in [7, 11) is 1.21. The average molecular weight is 433 g/mol. The molecule has 0 unspecified atom stereocenters. The van der Waals surface area contributed by atoms with Gasteiger partial charge in [0.05, 0.1) is 7.11 Å². The van der Waals surface area contributed by atoms with E-state index in [1.54, 1.807) is 6.92 Å². The number of pyridine rings is 1. The van der Waals surface area contributed by atoms with Crippen LogP contribution in [0, 0.1) is 11.6 Å². The molecule has 2 aromatic heterocycles. The van der Waals surface area contributed by atoms with E-state index >= 15 is 0 Å². The molecule has 1 atom stereocenters. The summed E-state index contributed by atoms with van der Waals surface area (Å²) in [6, 6.07) is 2.62. The van der Waals surface area contributed by atoms with Crippen molar-refractivity contribution < 1.29 is 23.4 Å². The van der Waals surface area contributed by atoms with E-state index in [-0.39, 0.29) is 41.6 Å². The van der Waals surface area contributed by atoms with Gasteiger partial charge < -0.3 is 24.1 Å². The number of nitrogens with one attached hydrogen (secondary N) is 1. The highest BCUT2D eigenvalue weighted by Crippen LogP contribution is 2.15. The standard InChI is InChI=1S/C21H21F2N3O5/c1-12(5-8-27)26-7-6-25-11-15(18(28)19(31-2)17(25)21(26)30)20(29)24-10-13-3-4-14(22)9-16(13)23/h3-4,6-7,9,11-12,27H,5,8,10H2,1-2H3,(H,24,29)/t12-/m1/s1. The number of aliphatic hydroxyl groups excluding tert-OH is 1. The molecule has 0 bridgehead atoms.